The third-order valence-electron chi connectivity index (χ3n) is 2.28. The highest BCUT2D eigenvalue weighted by atomic mass is 17.2. The second kappa shape index (κ2) is 8.88. The van der Waals surface area contributed by atoms with Gasteiger partial charge >= 0.3 is 5.97 Å². The summed E-state index contributed by atoms with van der Waals surface area (Å²) in [5.41, 5.74) is 0.445. The van der Waals surface area contributed by atoms with Gasteiger partial charge < -0.3 is 5.32 Å². The topological polar surface area (TPSA) is 64.6 Å². The Morgan fingerprint density at radius 1 is 1.21 bits per heavy atom. The lowest BCUT2D eigenvalue weighted by Gasteiger charge is -2.04. The second-order valence-electron chi connectivity index (χ2n) is 3.76. The second-order valence-corrected chi connectivity index (χ2v) is 3.76. The summed E-state index contributed by atoms with van der Waals surface area (Å²) in [7, 11) is 0. The van der Waals surface area contributed by atoms with Crippen LogP contribution in [-0.2, 0) is 14.6 Å². The van der Waals surface area contributed by atoms with E-state index in [1.807, 2.05) is 6.07 Å². The highest BCUT2D eigenvalue weighted by molar-refractivity contribution is 5.88. The van der Waals surface area contributed by atoms with Gasteiger partial charge in [-0.2, -0.15) is 4.89 Å². The van der Waals surface area contributed by atoms with E-state index in [1.54, 1.807) is 24.3 Å². The smallest absolute Gasteiger partial charge is 0.353 e. The summed E-state index contributed by atoms with van der Waals surface area (Å²) in [5, 5.41) is 2.64. The summed E-state index contributed by atoms with van der Waals surface area (Å²) in [4.78, 5) is 31.7. The van der Waals surface area contributed by atoms with Crippen molar-refractivity contribution in [2.75, 3.05) is 13.2 Å². The van der Waals surface area contributed by atoms with Gasteiger partial charge in [0.15, 0.2) is 0 Å². The number of hydrogen-bond acceptors (Lipinski definition) is 4. The fraction of sp³-hybridized carbons (Fsp3) is 0.286. The van der Waals surface area contributed by atoms with E-state index in [0.29, 0.717) is 25.1 Å². The van der Waals surface area contributed by atoms with Crippen molar-refractivity contribution in [1.82, 2.24) is 5.32 Å². The number of carbonyl (C=O) groups is 2. The van der Waals surface area contributed by atoms with E-state index in [2.05, 4.69) is 16.8 Å². The van der Waals surface area contributed by atoms with Crippen LogP contribution in [-0.4, -0.2) is 25.0 Å². The summed E-state index contributed by atoms with van der Waals surface area (Å²) in [5.74, 6) is -0.711. The van der Waals surface area contributed by atoms with Crippen LogP contribution in [0.15, 0.2) is 43.0 Å². The van der Waals surface area contributed by atoms with Crippen LogP contribution in [0.3, 0.4) is 0 Å². The zero-order valence-electron chi connectivity index (χ0n) is 10.6. The first kappa shape index (κ1) is 14.9. The number of unbranched alkanes of at least 4 members (excludes halogenated alkanes) is 1. The number of carbonyl (C=O) groups excluding carboxylic acids is 2. The predicted molar refractivity (Wildman–Crippen MR) is 70.3 cm³/mol. The molecule has 1 N–H and O–H groups in total. The van der Waals surface area contributed by atoms with E-state index in [1.165, 1.54) is 6.08 Å². The SMILES string of the molecule is C=CC(=O)NCCCCOOC(=O)c1ccccc1. The molecule has 5 nitrogen and oxygen atoms in total. The molecule has 0 spiro atoms. The number of amides is 1. The molecule has 0 aliphatic heterocycles. The summed E-state index contributed by atoms with van der Waals surface area (Å²) in [6, 6.07) is 8.61. The Balaban J connectivity index is 2.04. The van der Waals surface area contributed by atoms with Crippen LogP contribution in [0.4, 0.5) is 0 Å². The summed E-state index contributed by atoms with van der Waals surface area (Å²) >= 11 is 0. The van der Waals surface area contributed by atoms with E-state index < -0.39 is 5.97 Å². The average Bonchev–Trinajstić information content (AvgIpc) is 2.46. The van der Waals surface area contributed by atoms with Crippen molar-refractivity contribution in [3.63, 3.8) is 0 Å². The molecule has 1 rings (SSSR count). The van der Waals surface area contributed by atoms with Gasteiger partial charge in [0.05, 0.1) is 12.2 Å². The summed E-state index contributed by atoms with van der Waals surface area (Å²) in [6.07, 6.45) is 2.64. The molecule has 0 aromatic heterocycles. The minimum Gasteiger partial charge on any atom is -0.353 e. The Bertz CT molecular complexity index is 417. The molecule has 1 aromatic rings. The van der Waals surface area contributed by atoms with Crippen molar-refractivity contribution in [3.8, 4) is 0 Å². The highest BCUT2D eigenvalue weighted by Gasteiger charge is 2.06. The quantitative estimate of drug-likeness (QED) is 0.336. The lowest BCUT2D eigenvalue weighted by Crippen LogP contribution is -2.22. The highest BCUT2D eigenvalue weighted by Crippen LogP contribution is 2.01. The predicted octanol–water partition coefficient (Wildman–Crippen LogP) is 1.86. The standard InChI is InChI=1S/C14H17NO4/c1-2-13(16)15-10-6-7-11-18-19-14(17)12-8-4-3-5-9-12/h2-5,8-9H,1,6-7,10-11H2,(H,15,16). The minimum atomic E-state index is -0.513. The Morgan fingerprint density at radius 2 is 1.95 bits per heavy atom. The summed E-state index contributed by atoms with van der Waals surface area (Å²) in [6.45, 7) is 4.18. The largest absolute Gasteiger partial charge is 0.373 e. The zero-order chi connectivity index (χ0) is 13.9. The third kappa shape index (κ3) is 6.38. The normalized spacial score (nSPS) is 9.68. The molecule has 0 atom stereocenters. The van der Waals surface area contributed by atoms with Crippen LogP contribution in [0.5, 0.6) is 0 Å². The molecular weight excluding hydrogens is 246 g/mol. The van der Waals surface area contributed by atoms with Crippen LogP contribution in [0.25, 0.3) is 0 Å². The van der Waals surface area contributed by atoms with Crippen LogP contribution in [0.1, 0.15) is 23.2 Å². The fourth-order valence-corrected chi connectivity index (χ4v) is 1.29. The van der Waals surface area contributed by atoms with Gasteiger partial charge in [0.25, 0.3) is 0 Å². The van der Waals surface area contributed by atoms with E-state index >= 15 is 0 Å². The van der Waals surface area contributed by atoms with Crippen molar-refractivity contribution in [2.45, 2.75) is 12.8 Å². The molecule has 0 aliphatic rings. The monoisotopic (exact) mass is 263 g/mol. The Labute approximate surface area is 112 Å². The maximum atomic E-state index is 11.4. The molecule has 0 unspecified atom stereocenters. The van der Waals surface area contributed by atoms with E-state index in [-0.39, 0.29) is 5.91 Å². The molecule has 0 saturated carbocycles. The van der Waals surface area contributed by atoms with Crippen molar-refractivity contribution in [2.24, 2.45) is 0 Å². The molecular formula is C14H17NO4. The molecule has 1 amide bonds. The van der Waals surface area contributed by atoms with E-state index in [4.69, 9.17) is 4.89 Å². The molecule has 0 fully saturated rings. The molecule has 0 bridgehead atoms. The molecule has 0 saturated heterocycles. The molecule has 0 radical (unpaired) electrons. The van der Waals surface area contributed by atoms with Crippen molar-refractivity contribution >= 4 is 11.9 Å². The first-order valence-corrected chi connectivity index (χ1v) is 6.03. The summed E-state index contributed by atoms with van der Waals surface area (Å²) < 4.78 is 0. The number of nitrogens with one attached hydrogen (secondary N) is 1. The van der Waals surface area contributed by atoms with Crippen molar-refractivity contribution in [1.29, 1.82) is 0 Å². The van der Waals surface area contributed by atoms with Gasteiger partial charge in [-0.05, 0) is 31.1 Å². The van der Waals surface area contributed by atoms with Gasteiger partial charge in [0, 0.05) is 6.54 Å². The van der Waals surface area contributed by atoms with Gasteiger partial charge in [-0.3, -0.25) is 9.68 Å². The van der Waals surface area contributed by atoms with Gasteiger partial charge in [0.1, 0.15) is 0 Å². The van der Waals surface area contributed by atoms with Gasteiger partial charge in [-0.25, -0.2) is 4.79 Å². The minimum absolute atomic E-state index is 0.198. The first-order valence-electron chi connectivity index (χ1n) is 6.03. The van der Waals surface area contributed by atoms with Gasteiger partial charge in [-0.1, -0.05) is 24.8 Å². The molecule has 1 aromatic carbocycles. The van der Waals surface area contributed by atoms with Gasteiger partial charge in [-0.15, -0.1) is 0 Å². The van der Waals surface area contributed by atoms with Crippen LogP contribution in [0.2, 0.25) is 0 Å². The average molecular weight is 263 g/mol. The number of benzene rings is 1. The van der Waals surface area contributed by atoms with Crippen LogP contribution in [0, 0.1) is 0 Å². The number of rotatable bonds is 8. The Morgan fingerprint density at radius 3 is 2.63 bits per heavy atom. The van der Waals surface area contributed by atoms with E-state index in [0.717, 1.165) is 6.42 Å². The number of hydrogen-bond donors (Lipinski definition) is 1. The van der Waals surface area contributed by atoms with Crippen molar-refractivity contribution < 1.29 is 19.4 Å². The van der Waals surface area contributed by atoms with Gasteiger partial charge in [0.2, 0.25) is 5.91 Å². The van der Waals surface area contributed by atoms with Crippen molar-refractivity contribution in [3.05, 3.63) is 48.6 Å². The molecule has 19 heavy (non-hydrogen) atoms. The van der Waals surface area contributed by atoms with Crippen LogP contribution < -0.4 is 5.32 Å². The molecule has 0 heterocycles. The molecule has 5 heteroatoms. The third-order valence-corrected chi connectivity index (χ3v) is 2.28. The maximum absolute atomic E-state index is 11.4. The molecule has 102 valence electrons. The zero-order valence-corrected chi connectivity index (χ0v) is 10.6. The van der Waals surface area contributed by atoms with E-state index in [9.17, 15) is 9.59 Å². The Kier molecular flexibility index (Phi) is 6.97. The fourth-order valence-electron chi connectivity index (χ4n) is 1.29. The Hall–Kier alpha value is -2.14. The lowest BCUT2D eigenvalue weighted by molar-refractivity contribution is -0.241. The van der Waals surface area contributed by atoms with Crippen LogP contribution >= 0.6 is 0 Å². The molecule has 0 aliphatic carbocycles. The maximum Gasteiger partial charge on any atom is 0.373 e. The first-order chi connectivity index (χ1) is 9.24. The lowest BCUT2D eigenvalue weighted by atomic mass is 10.2.